The number of hydrogen-bond acceptors (Lipinski definition) is 4. The van der Waals surface area contributed by atoms with Gasteiger partial charge < -0.3 is 9.47 Å². The fourth-order valence-corrected chi connectivity index (χ4v) is 2.70. The molecule has 1 fully saturated rings. The number of carbonyl (C=O) groups is 1. The average molecular weight is 365 g/mol. The summed E-state index contributed by atoms with van der Waals surface area (Å²) in [6, 6.07) is 11.8. The summed E-state index contributed by atoms with van der Waals surface area (Å²) in [5.41, 5.74) is 2.82. The third-order valence-electron chi connectivity index (χ3n) is 3.44. The molecule has 1 aliphatic rings. The molecule has 5 nitrogen and oxygen atoms in total. The molecule has 0 atom stereocenters. The summed E-state index contributed by atoms with van der Waals surface area (Å²) in [6.07, 6.45) is 0. The van der Waals surface area contributed by atoms with Gasteiger partial charge in [0.15, 0.2) is 6.61 Å². The number of rotatable bonds is 4. The van der Waals surface area contributed by atoms with E-state index in [-0.39, 0.29) is 12.5 Å². The Kier molecular flexibility index (Phi) is 4.92. The highest BCUT2D eigenvalue weighted by Crippen LogP contribution is 2.24. The van der Waals surface area contributed by atoms with Crippen LogP contribution in [0.5, 0.6) is 5.75 Å². The van der Waals surface area contributed by atoms with E-state index in [2.05, 4.69) is 21.4 Å². The van der Waals surface area contributed by atoms with Gasteiger partial charge in [-0.05, 0) is 35.0 Å². The molecule has 1 aliphatic heterocycles. The molecule has 1 heterocycles. The molecule has 116 valence electrons. The fourth-order valence-electron chi connectivity index (χ4n) is 2.32. The lowest BCUT2D eigenvalue weighted by molar-refractivity contribution is -0.130. The molecule has 2 aromatic carbocycles. The van der Waals surface area contributed by atoms with Crippen LogP contribution < -0.4 is 10.2 Å². The van der Waals surface area contributed by atoms with Crippen molar-refractivity contribution in [1.29, 1.82) is 0 Å². The number of amides is 1. The minimum atomic E-state index is -0.156. The lowest BCUT2D eigenvalue weighted by Gasteiger charge is -2.26. The number of nitrogens with one attached hydrogen (secondary N) is 1. The SMILES string of the molecule is O=C(COc1ccc2ccc(Br)cc2c1)NN1CCOCC1. The molecule has 3 rings (SSSR count). The highest BCUT2D eigenvalue weighted by Gasteiger charge is 2.13. The van der Waals surface area contributed by atoms with Gasteiger partial charge in [0, 0.05) is 17.6 Å². The highest BCUT2D eigenvalue weighted by molar-refractivity contribution is 9.10. The molecule has 22 heavy (non-hydrogen) atoms. The van der Waals surface area contributed by atoms with E-state index in [0.29, 0.717) is 32.1 Å². The summed E-state index contributed by atoms with van der Waals surface area (Å²) < 4.78 is 11.8. The van der Waals surface area contributed by atoms with Crippen LogP contribution in [0.15, 0.2) is 40.9 Å². The van der Waals surface area contributed by atoms with Crippen LogP contribution in [0.1, 0.15) is 0 Å². The Morgan fingerprint density at radius 3 is 2.77 bits per heavy atom. The lowest BCUT2D eigenvalue weighted by atomic mass is 10.1. The van der Waals surface area contributed by atoms with Crippen LogP contribution in [-0.4, -0.2) is 43.8 Å². The largest absolute Gasteiger partial charge is 0.484 e. The predicted octanol–water partition coefficient (Wildman–Crippen LogP) is 2.34. The third kappa shape index (κ3) is 3.97. The molecule has 2 aromatic rings. The van der Waals surface area contributed by atoms with Crippen LogP contribution in [0, 0.1) is 0 Å². The molecule has 0 aromatic heterocycles. The van der Waals surface area contributed by atoms with Crippen LogP contribution >= 0.6 is 15.9 Å². The summed E-state index contributed by atoms with van der Waals surface area (Å²) in [5.74, 6) is 0.527. The van der Waals surface area contributed by atoms with Gasteiger partial charge in [-0.2, -0.15) is 0 Å². The Labute approximate surface area is 137 Å². The van der Waals surface area contributed by atoms with Gasteiger partial charge in [-0.3, -0.25) is 10.2 Å². The zero-order valence-electron chi connectivity index (χ0n) is 12.0. The van der Waals surface area contributed by atoms with Crippen molar-refractivity contribution in [3.63, 3.8) is 0 Å². The fraction of sp³-hybridized carbons (Fsp3) is 0.312. The van der Waals surface area contributed by atoms with Crippen LogP contribution in [0.4, 0.5) is 0 Å². The second kappa shape index (κ2) is 7.09. The molecule has 0 bridgehead atoms. The van der Waals surface area contributed by atoms with Crippen molar-refractivity contribution in [1.82, 2.24) is 10.4 Å². The van der Waals surface area contributed by atoms with E-state index in [1.165, 1.54) is 0 Å². The zero-order chi connectivity index (χ0) is 15.4. The number of hydrogen-bond donors (Lipinski definition) is 1. The van der Waals surface area contributed by atoms with Crippen molar-refractivity contribution in [3.05, 3.63) is 40.9 Å². The number of benzene rings is 2. The first kappa shape index (κ1) is 15.3. The van der Waals surface area contributed by atoms with Crippen LogP contribution in [-0.2, 0) is 9.53 Å². The summed E-state index contributed by atoms with van der Waals surface area (Å²) in [6.45, 7) is 2.68. The predicted molar refractivity (Wildman–Crippen MR) is 87.7 cm³/mol. The van der Waals surface area contributed by atoms with Gasteiger partial charge in [0.1, 0.15) is 5.75 Å². The van der Waals surface area contributed by atoms with Crippen LogP contribution in [0.25, 0.3) is 10.8 Å². The first-order valence-electron chi connectivity index (χ1n) is 7.15. The van der Waals surface area contributed by atoms with Crippen molar-refractivity contribution in [2.45, 2.75) is 0 Å². The Balaban J connectivity index is 1.57. The monoisotopic (exact) mass is 364 g/mol. The number of halogens is 1. The molecule has 0 saturated carbocycles. The molecule has 1 saturated heterocycles. The number of fused-ring (bicyclic) bond motifs is 1. The topological polar surface area (TPSA) is 50.8 Å². The standard InChI is InChI=1S/C16H17BrN2O3/c17-14-3-1-12-2-4-15(10-13(12)9-14)22-11-16(20)18-19-5-7-21-8-6-19/h1-4,9-10H,5-8,11H2,(H,18,20). The van der Waals surface area contributed by atoms with E-state index in [4.69, 9.17) is 9.47 Å². The first-order valence-corrected chi connectivity index (χ1v) is 7.94. The molecule has 0 radical (unpaired) electrons. The lowest BCUT2D eigenvalue weighted by Crippen LogP contribution is -2.49. The number of hydrazine groups is 1. The van der Waals surface area contributed by atoms with Gasteiger partial charge in [-0.15, -0.1) is 0 Å². The van der Waals surface area contributed by atoms with E-state index in [1.54, 1.807) is 0 Å². The van der Waals surface area contributed by atoms with E-state index < -0.39 is 0 Å². The molecule has 1 N–H and O–H groups in total. The summed E-state index contributed by atoms with van der Waals surface area (Å²) in [5, 5.41) is 4.06. The molecule has 0 unspecified atom stereocenters. The van der Waals surface area contributed by atoms with Gasteiger partial charge in [-0.25, -0.2) is 5.01 Å². The molecule has 0 spiro atoms. The van der Waals surface area contributed by atoms with Gasteiger partial charge in [0.2, 0.25) is 0 Å². The van der Waals surface area contributed by atoms with Gasteiger partial charge in [0.25, 0.3) is 5.91 Å². The van der Waals surface area contributed by atoms with Crippen molar-refractivity contribution >= 4 is 32.6 Å². The van der Waals surface area contributed by atoms with Gasteiger partial charge in [0.05, 0.1) is 13.2 Å². The second-order valence-electron chi connectivity index (χ2n) is 5.08. The first-order chi connectivity index (χ1) is 10.7. The van der Waals surface area contributed by atoms with E-state index >= 15 is 0 Å². The highest BCUT2D eigenvalue weighted by atomic mass is 79.9. The normalized spacial score (nSPS) is 15.7. The summed E-state index contributed by atoms with van der Waals surface area (Å²) in [7, 11) is 0. The average Bonchev–Trinajstić information content (AvgIpc) is 2.53. The van der Waals surface area contributed by atoms with Crippen LogP contribution in [0.3, 0.4) is 0 Å². The maximum absolute atomic E-state index is 11.9. The molecule has 0 aliphatic carbocycles. The van der Waals surface area contributed by atoms with Gasteiger partial charge >= 0.3 is 0 Å². The van der Waals surface area contributed by atoms with Crippen molar-refractivity contribution < 1.29 is 14.3 Å². The molecule has 6 heteroatoms. The van der Waals surface area contributed by atoms with E-state index in [0.717, 1.165) is 15.2 Å². The number of morpholine rings is 1. The molecule has 1 amide bonds. The van der Waals surface area contributed by atoms with Crippen molar-refractivity contribution in [2.24, 2.45) is 0 Å². The quantitative estimate of drug-likeness (QED) is 0.904. The maximum Gasteiger partial charge on any atom is 0.272 e. The van der Waals surface area contributed by atoms with E-state index in [9.17, 15) is 4.79 Å². The van der Waals surface area contributed by atoms with Gasteiger partial charge in [-0.1, -0.05) is 28.1 Å². The zero-order valence-corrected chi connectivity index (χ0v) is 13.6. The maximum atomic E-state index is 11.9. The minimum absolute atomic E-state index is 0.00311. The number of ether oxygens (including phenoxy) is 2. The van der Waals surface area contributed by atoms with Crippen LogP contribution in [0.2, 0.25) is 0 Å². The molecular formula is C16H17BrN2O3. The molecular weight excluding hydrogens is 348 g/mol. The Morgan fingerprint density at radius 1 is 1.18 bits per heavy atom. The Morgan fingerprint density at radius 2 is 1.95 bits per heavy atom. The number of nitrogens with zero attached hydrogens (tertiary/aromatic N) is 1. The Bertz CT molecular complexity index is 671. The van der Waals surface area contributed by atoms with Crippen molar-refractivity contribution in [3.8, 4) is 5.75 Å². The summed E-state index contributed by atoms with van der Waals surface area (Å²) in [4.78, 5) is 11.9. The Hall–Kier alpha value is -1.63. The second-order valence-corrected chi connectivity index (χ2v) is 5.99. The number of carbonyl (C=O) groups excluding carboxylic acids is 1. The van der Waals surface area contributed by atoms with Crippen molar-refractivity contribution in [2.75, 3.05) is 32.9 Å². The minimum Gasteiger partial charge on any atom is -0.484 e. The third-order valence-corrected chi connectivity index (χ3v) is 3.93. The summed E-state index contributed by atoms with van der Waals surface area (Å²) >= 11 is 3.45. The smallest absolute Gasteiger partial charge is 0.272 e. The van der Waals surface area contributed by atoms with E-state index in [1.807, 2.05) is 41.4 Å².